The van der Waals surface area contributed by atoms with Crippen LogP contribution in [0.15, 0.2) is 36.7 Å². The van der Waals surface area contributed by atoms with E-state index in [-0.39, 0.29) is 24.1 Å². The van der Waals surface area contributed by atoms with Crippen LogP contribution in [0.2, 0.25) is 0 Å². The van der Waals surface area contributed by atoms with Crippen molar-refractivity contribution in [3.63, 3.8) is 0 Å². The summed E-state index contributed by atoms with van der Waals surface area (Å²) < 4.78 is 0. The molecule has 2 aromatic rings. The predicted octanol–water partition coefficient (Wildman–Crippen LogP) is 1.54. The zero-order valence-corrected chi connectivity index (χ0v) is 14.6. The van der Waals surface area contributed by atoms with E-state index in [1.54, 1.807) is 12.4 Å². The maximum Gasteiger partial charge on any atom is 0.225 e. The van der Waals surface area contributed by atoms with E-state index >= 15 is 0 Å². The van der Waals surface area contributed by atoms with Gasteiger partial charge in [-0.2, -0.15) is 0 Å². The van der Waals surface area contributed by atoms with E-state index in [1.165, 1.54) is 0 Å². The quantitative estimate of drug-likeness (QED) is 0.514. The number of hydrogen-bond acceptors (Lipinski definition) is 6. The van der Waals surface area contributed by atoms with Crippen molar-refractivity contribution in [3.8, 4) is 11.1 Å². The van der Waals surface area contributed by atoms with Gasteiger partial charge in [-0.1, -0.05) is 24.3 Å². The number of aryl methyl sites for hydroxylation is 1. The molecule has 1 fully saturated rings. The van der Waals surface area contributed by atoms with Gasteiger partial charge in [-0.05, 0) is 24.0 Å². The van der Waals surface area contributed by atoms with Crippen molar-refractivity contribution in [2.24, 2.45) is 5.73 Å². The van der Waals surface area contributed by atoms with Crippen molar-refractivity contribution in [3.05, 3.63) is 42.2 Å². The Bertz CT molecular complexity index is 791. The Morgan fingerprint density at radius 2 is 2.08 bits per heavy atom. The van der Waals surface area contributed by atoms with Gasteiger partial charge in [0.2, 0.25) is 5.95 Å². The standard InChI is InChI=1S/C19H23N5O2/c20-18(21)9-16(25)5-4-13-2-1-3-14(8-13)15-10-22-19(23-11-15)24-7-6-17(26)12-24/h1-3,8,10-11,17,26H,4-7,9,12H2,(H3,20,21). The lowest BCUT2D eigenvalue weighted by molar-refractivity contribution is -0.117. The van der Waals surface area contributed by atoms with E-state index in [0.717, 1.165) is 29.7 Å². The zero-order chi connectivity index (χ0) is 18.5. The Morgan fingerprint density at radius 3 is 2.73 bits per heavy atom. The summed E-state index contributed by atoms with van der Waals surface area (Å²) in [5.74, 6) is 0.520. The van der Waals surface area contributed by atoms with Crippen molar-refractivity contribution in [1.82, 2.24) is 9.97 Å². The average Bonchev–Trinajstić information content (AvgIpc) is 3.06. The number of hydrogen-bond donors (Lipinski definition) is 3. The highest BCUT2D eigenvalue weighted by molar-refractivity contribution is 5.98. The van der Waals surface area contributed by atoms with Gasteiger partial charge < -0.3 is 15.7 Å². The molecule has 0 spiro atoms. The van der Waals surface area contributed by atoms with Crippen LogP contribution in [-0.2, 0) is 11.2 Å². The lowest BCUT2D eigenvalue weighted by Gasteiger charge is -2.15. The third kappa shape index (κ3) is 4.64. The van der Waals surface area contributed by atoms with Gasteiger partial charge >= 0.3 is 0 Å². The first-order valence-corrected chi connectivity index (χ1v) is 8.70. The molecular formula is C19H23N5O2. The van der Waals surface area contributed by atoms with E-state index in [9.17, 15) is 9.90 Å². The minimum Gasteiger partial charge on any atom is -0.391 e. The van der Waals surface area contributed by atoms with E-state index in [0.29, 0.717) is 25.3 Å². The Labute approximate surface area is 152 Å². The van der Waals surface area contributed by atoms with Gasteiger partial charge in [0.05, 0.1) is 18.4 Å². The molecule has 4 N–H and O–H groups in total. The summed E-state index contributed by atoms with van der Waals surface area (Å²) in [5.41, 5.74) is 8.21. The number of rotatable bonds is 7. The van der Waals surface area contributed by atoms with Crippen LogP contribution in [0.5, 0.6) is 0 Å². The second kappa shape index (κ2) is 8.05. The Balaban J connectivity index is 1.66. The Morgan fingerprint density at radius 1 is 1.31 bits per heavy atom. The van der Waals surface area contributed by atoms with Crippen molar-refractivity contribution in [2.75, 3.05) is 18.0 Å². The van der Waals surface area contributed by atoms with Crippen molar-refractivity contribution in [1.29, 1.82) is 5.41 Å². The van der Waals surface area contributed by atoms with E-state index in [1.807, 2.05) is 29.2 Å². The van der Waals surface area contributed by atoms with Crippen LogP contribution in [0.25, 0.3) is 11.1 Å². The SMILES string of the molecule is N=C(N)CC(=O)CCc1cccc(-c2cnc(N3CCC(O)C3)nc2)c1. The Hall–Kier alpha value is -2.80. The highest BCUT2D eigenvalue weighted by atomic mass is 16.3. The molecule has 1 aromatic heterocycles. The highest BCUT2D eigenvalue weighted by Crippen LogP contribution is 2.22. The molecule has 0 radical (unpaired) electrons. The highest BCUT2D eigenvalue weighted by Gasteiger charge is 2.22. The molecule has 3 rings (SSSR count). The zero-order valence-electron chi connectivity index (χ0n) is 14.6. The molecule has 7 heteroatoms. The Kier molecular flexibility index (Phi) is 5.58. The average molecular weight is 353 g/mol. The van der Waals surface area contributed by atoms with Crippen LogP contribution in [0, 0.1) is 5.41 Å². The lowest BCUT2D eigenvalue weighted by atomic mass is 10.0. The topological polar surface area (TPSA) is 116 Å². The molecule has 0 bridgehead atoms. The molecule has 136 valence electrons. The van der Waals surface area contributed by atoms with Gasteiger partial charge in [0, 0.05) is 37.5 Å². The van der Waals surface area contributed by atoms with Gasteiger partial charge in [-0.15, -0.1) is 0 Å². The number of nitrogens with zero attached hydrogens (tertiary/aromatic N) is 3. The molecule has 1 unspecified atom stereocenters. The maximum atomic E-state index is 11.7. The third-order valence-electron chi connectivity index (χ3n) is 4.42. The second-order valence-electron chi connectivity index (χ2n) is 6.60. The van der Waals surface area contributed by atoms with Gasteiger partial charge in [0.1, 0.15) is 5.78 Å². The number of β-amino-alcohol motifs (C(OH)–C–C–N with tert-alkyl or cyclic N) is 1. The molecule has 0 amide bonds. The molecule has 0 saturated carbocycles. The number of anilines is 1. The number of Topliss-reactive ketones (excluding diaryl/α,β-unsaturated/α-hetero) is 1. The number of aliphatic hydroxyl groups excluding tert-OH is 1. The summed E-state index contributed by atoms with van der Waals surface area (Å²) in [4.78, 5) is 22.5. The van der Waals surface area contributed by atoms with E-state index < -0.39 is 0 Å². The first-order chi connectivity index (χ1) is 12.5. The number of carbonyl (C=O) groups is 1. The normalized spacial score (nSPS) is 16.7. The van der Waals surface area contributed by atoms with Crippen LogP contribution >= 0.6 is 0 Å². The fraction of sp³-hybridized carbons (Fsp3) is 0.368. The van der Waals surface area contributed by atoms with Gasteiger partial charge in [0.15, 0.2) is 0 Å². The number of aliphatic hydroxyl groups is 1. The molecule has 1 atom stereocenters. The van der Waals surface area contributed by atoms with Crippen molar-refractivity contribution < 1.29 is 9.90 Å². The summed E-state index contributed by atoms with van der Waals surface area (Å²) in [5, 5.41) is 16.8. The number of benzene rings is 1. The molecule has 2 heterocycles. The summed E-state index contributed by atoms with van der Waals surface area (Å²) in [7, 11) is 0. The minimum atomic E-state index is -0.305. The van der Waals surface area contributed by atoms with Crippen LogP contribution in [0.1, 0.15) is 24.8 Å². The molecule has 0 aliphatic carbocycles. The van der Waals surface area contributed by atoms with Crippen LogP contribution in [-0.4, -0.2) is 45.9 Å². The maximum absolute atomic E-state index is 11.7. The molecule has 26 heavy (non-hydrogen) atoms. The number of nitrogens with one attached hydrogen (secondary N) is 1. The number of ketones is 1. The number of aromatic nitrogens is 2. The van der Waals surface area contributed by atoms with Crippen LogP contribution in [0.4, 0.5) is 5.95 Å². The minimum absolute atomic E-state index is 0.0141. The lowest BCUT2D eigenvalue weighted by Crippen LogP contribution is -2.23. The second-order valence-corrected chi connectivity index (χ2v) is 6.60. The fourth-order valence-electron chi connectivity index (χ4n) is 3.05. The molecule has 1 aromatic carbocycles. The number of amidine groups is 1. The third-order valence-corrected chi connectivity index (χ3v) is 4.42. The molecule has 1 aliphatic heterocycles. The predicted molar refractivity (Wildman–Crippen MR) is 100 cm³/mol. The summed E-state index contributed by atoms with van der Waals surface area (Å²) in [6, 6.07) is 7.94. The van der Waals surface area contributed by atoms with Gasteiger partial charge in [-0.25, -0.2) is 9.97 Å². The van der Waals surface area contributed by atoms with Crippen LogP contribution < -0.4 is 10.6 Å². The van der Waals surface area contributed by atoms with Crippen molar-refractivity contribution in [2.45, 2.75) is 31.8 Å². The van der Waals surface area contributed by atoms with Crippen LogP contribution in [0.3, 0.4) is 0 Å². The van der Waals surface area contributed by atoms with E-state index in [2.05, 4.69) is 9.97 Å². The smallest absolute Gasteiger partial charge is 0.225 e. The molecule has 1 aliphatic rings. The summed E-state index contributed by atoms with van der Waals surface area (Å²) in [6.45, 7) is 1.34. The molecular weight excluding hydrogens is 330 g/mol. The number of carbonyl (C=O) groups excluding carboxylic acids is 1. The monoisotopic (exact) mass is 353 g/mol. The van der Waals surface area contributed by atoms with Crippen molar-refractivity contribution >= 4 is 17.6 Å². The van der Waals surface area contributed by atoms with E-state index in [4.69, 9.17) is 11.1 Å². The first kappa shape index (κ1) is 18.0. The molecule has 1 saturated heterocycles. The largest absolute Gasteiger partial charge is 0.391 e. The summed E-state index contributed by atoms with van der Waals surface area (Å²) in [6.07, 6.45) is 5.01. The van der Waals surface area contributed by atoms with Gasteiger partial charge in [0.25, 0.3) is 0 Å². The first-order valence-electron chi connectivity index (χ1n) is 8.70. The summed E-state index contributed by atoms with van der Waals surface area (Å²) >= 11 is 0. The fourth-order valence-corrected chi connectivity index (χ4v) is 3.05. The van der Waals surface area contributed by atoms with Gasteiger partial charge in [-0.3, -0.25) is 10.2 Å². The number of nitrogens with two attached hydrogens (primary N) is 1. The molecule has 7 nitrogen and oxygen atoms in total.